The van der Waals surface area contributed by atoms with Gasteiger partial charge in [0.15, 0.2) is 28.4 Å². The molecular weight excluding hydrogens is 392 g/mol. The molecule has 12 nitrogen and oxygen atoms in total. The lowest BCUT2D eigenvalue weighted by Crippen LogP contribution is -2.41. The van der Waals surface area contributed by atoms with Crippen LogP contribution in [-0.4, -0.2) is 58.7 Å². The van der Waals surface area contributed by atoms with E-state index < -0.39 is 17.9 Å². The van der Waals surface area contributed by atoms with Gasteiger partial charge in [0.25, 0.3) is 5.91 Å². The maximum absolute atomic E-state index is 12.0. The predicted molar refractivity (Wildman–Crippen MR) is 104 cm³/mol. The third kappa shape index (κ3) is 8.33. The molecule has 10 N–H and O–H groups in total. The lowest BCUT2D eigenvalue weighted by molar-refractivity contribution is -0.140. The Labute approximate surface area is 166 Å². The van der Waals surface area contributed by atoms with Gasteiger partial charge in [0.2, 0.25) is 0 Å². The summed E-state index contributed by atoms with van der Waals surface area (Å²) in [6.45, 7) is 0.905. The Hall–Kier alpha value is -2.70. The van der Waals surface area contributed by atoms with Crippen molar-refractivity contribution in [2.45, 2.75) is 31.7 Å². The average Bonchev–Trinajstić information content (AvgIpc) is 2.62. The minimum Gasteiger partial charge on any atom is -0.480 e. The number of nitrogens with two attached hydrogens (primary N) is 3. The SMILES string of the molecule is N=C(NCCCCCCOC[C@H](N)C(=O)O)NC(=O)c1nc(Cl)c(N)nc1N. The van der Waals surface area contributed by atoms with Crippen LogP contribution < -0.4 is 27.8 Å². The van der Waals surface area contributed by atoms with Crippen molar-refractivity contribution < 1.29 is 19.4 Å². The summed E-state index contributed by atoms with van der Waals surface area (Å²) in [5.74, 6) is -2.28. The zero-order chi connectivity index (χ0) is 21.1. The number of carbonyl (C=O) groups excluding carboxylic acids is 1. The first-order valence-electron chi connectivity index (χ1n) is 8.50. The Kier molecular flexibility index (Phi) is 9.92. The van der Waals surface area contributed by atoms with E-state index in [-0.39, 0.29) is 35.0 Å². The molecule has 0 aliphatic heterocycles. The van der Waals surface area contributed by atoms with Crippen molar-refractivity contribution in [2.75, 3.05) is 31.2 Å². The van der Waals surface area contributed by atoms with Crippen LogP contribution in [-0.2, 0) is 9.53 Å². The lowest BCUT2D eigenvalue weighted by Gasteiger charge is -2.10. The van der Waals surface area contributed by atoms with Crippen molar-refractivity contribution in [1.29, 1.82) is 5.41 Å². The lowest BCUT2D eigenvalue weighted by atomic mass is 10.2. The van der Waals surface area contributed by atoms with E-state index in [0.29, 0.717) is 13.2 Å². The molecule has 0 fully saturated rings. The van der Waals surface area contributed by atoms with Crippen LogP contribution in [0.15, 0.2) is 0 Å². The number of carboxylic acid groups (broad SMARTS) is 1. The first kappa shape index (κ1) is 23.3. The standard InChI is InChI=1S/C15H25ClN8O4/c16-10-12(19)23-11(18)9(22-10)13(25)24-15(20)21-5-3-1-2-4-6-28-7-8(17)14(26)27/h8H,1-7,17H2,(H,26,27)(H4,18,19,23)(H3,20,21,24,25)/t8-/m0/s1. The van der Waals surface area contributed by atoms with E-state index in [2.05, 4.69) is 20.6 Å². The highest BCUT2D eigenvalue weighted by Gasteiger charge is 2.17. The maximum Gasteiger partial charge on any atom is 0.322 e. The maximum atomic E-state index is 12.0. The minimum absolute atomic E-state index is 0.0120. The number of guanidine groups is 1. The summed E-state index contributed by atoms with van der Waals surface area (Å²) in [5.41, 5.74) is 16.1. The van der Waals surface area contributed by atoms with Gasteiger partial charge in [-0.3, -0.25) is 20.3 Å². The van der Waals surface area contributed by atoms with Gasteiger partial charge in [-0.05, 0) is 12.8 Å². The van der Waals surface area contributed by atoms with Gasteiger partial charge >= 0.3 is 5.97 Å². The van der Waals surface area contributed by atoms with Crippen LogP contribution in [0.25, 0.3) is 0 Å². The molecular formula is C15H25ClN8O4. The summed E-state index contributed by atoms with van der Waals surface area (Å²) in [6.07, 6.45) is 3.28. The van der Waals surface area contributed by atoms with Crippen LogP contribution in [0, 0.1) is 5.41 Å². The average molecular weight is 417 g/mol. The highest BCUT2D eigenvalue weighted by molar-refractivity contribution is 6.31. The normalized spacial score (nSPS) is 11.6. The van der Waals surface area contributed by atoms with Crippen LogP contribution in [0.2, 0.25) is 5.15 Å². The molecule has 156 valence electrons. The number of unbranched alkanes of at least 4 members (excludes halogenated alkanes) is 3. The number of ether oxygens (including phenoxy) is 1. The largest absolute Gasteiger partial charge is 0.480 e. The summed E-state index contributed by atoms with van der Waals surface area (Å²) in [4.78, 5) is 30.0. The zero-order valence-corrected chi connectivity index (χ0v) is 16.0. The highest BCUT2D eigenvalue weighted by atomic mass is 35.5. The molecule has 0 radical (unpaired) electrons. The van der Waals surface area contributed by atoms with E-state index in [1.54, 1.807) is 0 Å². The number of nitrogens with zero attached hydrogens (tertiary/aromatic N) is 2. The molecule has 0 saturated carbocycles. The van der Waals surface area contributed by atoms with E-state index >= 15 is 0 Å². The molecule has 0 saturated heterocycles. The van der Waals surface area contributed by atoms with Crippen LogP contribution in [0.4, 0.5) is 11.6 Å². The monoisotopic (exact) mass is 416 g/mol. The Bertz CT molecular complexity index is 703. The van der Waals surface area contributed by atoms with Gasteiger partial charge in [-0.2, -0.15) is 0 Å². The molecule has 1 heterocycles. The fraction of sp³-hybridized carbons (Fsp3) is 0.533. The molecule has 28 heavy (non-hydrogen) atoms. The predicted octanol–water partition coefficient (Wildman–Crippen LogP) is -0.463. The molecule has 0 aromatic carbocycles. The van der Waals surface area contributed by atoms with E-state index in [9.17, 15) is 9.59 Å². The van der Waals surface area contributed by atoms with Crippen LogP contribution in [0.1, 0.15) is 36.2 Å². The molecule has 1 aromatic heterocycles. The molecule has 1 rings (SSSR count). The van der Waals surface area contributed by atoms with E-state index in [1.807, 2.05) is 0 Å². The topological polar surface area (TPSA) is 215 Å². The Morgan fingerprint density at radius 1 is 1.18 bits per heavy atom. The van der Waals surface area contributed by atoms with Crippen molar-refractivity contribution in [3.8, 4) is 0 Å². The van der Waals surface area contributed by atoms with Crippen molar-refractivity contribution >= 4 is 41.1 Å². The van der Waals surface area contributed by atoms with Gasteiger partial charge in [0, 0.05) is 13.2 Å². The van der Waals surface area contributed by atoms with Gasteiger partial charge in [0.05, 0.1) is 6.61 Å². The number of carbonyl (C=O) groups is 2. The van der Waals surface area contributed by atoms with Crippen LogP contribution in [0.5, 0.6) is 0 Å². The quantitative estimate of drug-likeness (QED) is 0.140. The number of halogens is 1. The summed E-state index contributed by atoms with van der Waals surface area (Å²) in [6, 6.07) is -1.00. The molecule has 0 aliphatic carbocycles. The van der Waals surface area contributed by atoms with E-state index in [4.69, 9.17) is 44.1 Å². The summed E-state index contributed by atoms with van der Waals surface area (Å²) >= 11 is 5.71. The van der Waals surface area contributed by atoms with Crippen LogP contribution >= 0.6 is 11.6 Å². The third-order valence-corrected chi connectivity index (χ3v) is 3.77. The number of anilines is 2. The molecule has 1 atom stereocenters. The number of nitrogens with one attached hydrogen (secondary N) is 3. The second kappa shape index (κ2) is 11.9. The van der Waals surface area contributed by atoms with Gasteiger partial charge in [-0.1, -0.05) is 24.4 Å². The van der Waals surface area contributed by atoms with Gasteiger partial charge in [-0.25, -0.2) is 9.97 Å². The van der Waals surface area contributed by atoms with Crippen molar-refractivity contribution in [3.63, 3.8) is 0 Å². The molecule has 0 spiro atoms. The van der Waals surface area contributed by atoms with Gasteiger partial charge in [-0.15, -0.1) is 0 Å². The van der Waals surface area contributed by atoms with Crippen molar-refractivity contribution in [3.05, 3.63) is 10.8 Å². The second-order valence-electron chi connectivity index (χ2n) is 5.82. The molecule has 1 aromatic rings. The number of nitrogen functional groups attached to an aromatic ring is 2. The van der Waals surface area contributed by atoms with Gasteiger partial charge in [0.1, 0.15) is 6.04 Å². The highest BCUT2D eigenvalue weighted by Crippen LogP contribution is 2.17. The Balaban J connectivity index is 2.15. The Morgan fingerprint density at radius 3 is 2.54 bits per heavy atom. The molecule has 13 heteroatoms. The first-order valence-corrected chi connectivity index (χ1v) is 8.88. The number of carboxylic acids is 1. The van der Waals surface area contributed by atoms with Crippen LogP contribution in [0.3, 0.4) is 0 Å². The zero-order valence-electron chi connectivity index (χ0n) is 15.2. The molecule has 0 unspecified atom stereocenters. The number of hydrogen-bond donors (Lipinski definition) is 7. The van der Waals surface area contributed by atoms with Gasteiger partial charge < -0.3 is 32.4 Å². The second-order valence-corrected chi connectivity index (χ2v) is 6.18. The third-order valence-electron chi connectivity index (χ3n) is 3.49. The fourth-order valence-electron chi connectivity index (χ4n) is 2.00. The van der Waals surface area contributed by atoms with E-state index in [1.165, 1.54) is 0 Å². The molecule has 1 amide bonds. The Morgan fingerprint density at radius 2 is 1.86 bits per heavy atom. The fourth-order valence-corrected chi connectivity index (χ4v) is 2.13. The smallest absolute Gasteiger partial charge is 0.322 e. The summed E-state index contributed by atoms with van der Waals surface area (Å²) in [5, 5.41) is 21.2. The summed E-state index contributed by atoms with van der Waals surface area (Å²) in [7, 11) is 0. The first-order chi connectivity index (χ1) is 13.2. The van der Waals surface area contributed by atoms with Crippen molar-refractivity contribution in [2.24, 2.45) is 5.73 Å². The van der Waals surface area contributed by atoms with E-state index in [0.717, 1.165) is 25.7 Å². The minimum atomic E-state index is -1.09. The number of rotatable bonds is 11. The molecule has 0 bridgehead atoms. The summed E-state index contributed by atoms with van der Waals surface area (Å²) < 4.78 is 5.17. The number of amides is 1. The number of aliphatic carboxylic acids is 1. The van der Waals surface area contributed by atoms with Crippen molar-refractivity contribution in [1.82, 2.24) is 20.6 Å². The number of hydrogen-bond acceptors (Lipinski definition) is 9. The molecule has 0 aliphatic rings. The number of aromatic nitrogens is 2.